The Kier molecular flexibility index (Phi) is 6.84. The first-order chi connectivity index (χ1) is 17.4. The Morgan fingerprint density at radius 2 is 1.50 bits per heavy atom. The number of pyridine rings is 1. The Hall–Kier alpha value is -3.57. The second kappa shape index (κ2) is 10.2. The van der Waals surface area contributed by atoms with Crippen LogP contribution in [0.1, 0.15) is 68.5 Å². The highest BCUT2D eigenvalue weighted by molar-refractivity contribution is 5.60. The van der Waals surface area contributed by atoms with E-state index in [1.807, 2.05) is 30.3 Å². The average molecular weight is 480 g/mol. The molecule has 1 aliphatic rings. The van der Waals surface area contributed by atoms with Gasteiger partial charge in [-0.05, 0) is 74.2 Å². The number of ether oxygens (including phenoxy) is 1. The van der Waals surface area contributed by atoms with Gasteiger partial charge in [-0.25, -0.2) is 0 Å². The average Bonchev–Trinajstić information content (AvgIpc) is 2.93. The molecule has 0 aliphatic heterocycles. The van der Waals surface area contributed by atoms with Crippen molar-refractivity contribution in [2.24, 2.45) is 0 Å². The van der Waals surface area contributed by atoms with Crippen LogP contribution in [-0.4, -0.2) is 20.3 Å². The number of aliphatic hydroxyl groups is 1. The summed E-state index contributed by atoms with van der Waals surface area (Å²) in [4.78, 5) is 4.33. The largest absolute Gasteiger partial charge is 0.487 e. The minimum atomic E-state index is -0.998. The van der Waals surface area contributed by atoms with Crippen LogP contribution in [0.3, 0.4) is 0 Å². The summed E-state index contributed by atoms with van der Waals surface area (Å²) >= 11 is 0. The van der Waals surface area contributed by atoms with Gasteiger partial charge in [-0.1, -0.05) is 61.7 Å². The van der Waals surface area contributed by atoms with E-state index in [1.165, 1.54) is 30.4 Å². The van der Waals surface area contributed by atoms with Gasteiger partial charge in [0.25, 0.3) is 0 Å². The lowest BCUT2D eigenvalue weighted by molar-refractivity contribution is 0.0729. The standard InChI is InChI=1S/C31H33N3O2/c1-30(2,35)29-18-17-28(33-34-29)23-9-11-24(12-10-23)31(19-5-3-6-20-31)25-13-15-27(16-14-25)36-22-26-8-4-7-21-32-26/h4,7-18,21,35H,3,5-6,19-20,22H2,1-2H3. The molecule has 1 saturated carbocycles. The van der Waals surface area contributed by atoms with Gasteiger partial charge in [0.1, 0.15) is 18.0 Å². The third-order valence-electron chi connectivity index (χ3n) is 7.25. The second-order valence-electron chi connectivity index (χ2n) is 10.2. The molecule has 2 aromatic carbocycles. The molecule has 0 atom stereocenters. The van der Waals surface area contributed by atoms with Gasteiger partial charge in [0.2, 0.25) is 0 Å². The van der Waals surface area contributed by atoms with Crippen molar-refractivity contribution in [2.75, 3.05) is 0 Å². The van der Waals surface area contributed by atoms with Crippen molar-refractivity contribution in [3.05, 3.63) is 108 Å². The normalized spacial score (nSPS) is 15.4. The Labute approximate surface area is 213 Å². The van der Waals surface area contributed by atoms with Crippen LogP contribution in [0.25, 0.3) is 11.3 Å². The zero-order valence-electron chi connectivity index (χ0n) is 21.0. The third-order valence-corrected chi connectivity index (χ3v) is 7.25. The molecular formula is C31H33N3O2. The Balaban J connectivity index is 1.37. The van der Waals surface area contributed by atoms with Crippen molar-refractivity contribution in [1.82, 2.24) is 15.2 Å². The van der Waals surface area contributed by atoms with Gasteiger partial charge in [-0.3, -0.25) is 4.98 Å². The lowest BCUT2D eigenvalue weighted by atomic mass is 9.65. The molecular weight excluding hydrogens is 446 g/mol. The molecule has 1 fully saturated rings. The van der Waals surface area contributed by atoms with Gasteiger partial charge in [-0.15, -0.1) is 0 Å². The fourth-order valence-electron chi connectivity index (χ4n) is 5.18. The number of rotatable bonds is 7. The Bertz CT molecular complexity index is 1260. The van der Waals surface area contributed by atoms with Crippen LogP contribution in [0, 0.1) is 0 Å². The van der Waals surface area contributed by atoms with Crippen molar-refractivity contribution in [2.45, 2.75) is 63.6 Å². The van der Waals surface area contributed by atoms with Gasteiger partial charge in [0.15, 0.2) is 0 Å². The maximum atomic E-state index is 10.2. The molecule has 2 heterocycles. The molecule has 5 heteroatoms. The molecule has 4 aromatic rings. The first-order valence-corrected chi connectivity index (χ1v) is 12.7. The molecule has 1 N–H and O–H groups in total. The van der Waals surface area contributed by atoms with Crippen LogP contribution < -0.4 is 4.74 Å². The molecule has 0 radical (unpaired) electrons. The van der Waals surface area contributed by atoms with E-state index in [0.717, 1.165) is 35.5 Å². The summed E-state index contributed by atoms with van der Waals surface area (Å²) in [6.45, 7) is 3.90. The van der Waals surface area contributed by atoms with Crippen molar-refractivity contribution in [3.63, 3.8) is 0 Å². The predicted molar refractivity (Wildman–Crippen MR) is 142 cm³/mol. The van der Waals surface area contributed by atoms with Crippen LogP contribution in [0.2, 0.25) is 0 Å². The highest BCUT2D eigenvalue weighted by Crippen LogP contribution is 2.45. The number of benzene rings is 2. The molecule has 1 aliphatic carbocycles. The summed E-state index contributed by atoms with van der Waals surface area (Å²) < 4.78 is 5.98. The Morgan fingerprint density at radius 3 is 2.08 bits per heavy atom. The van der Waals surface area contributed by atoms with E-state index in [-0.39, 0.29) is 5.41 Å². The molecule has 0 saturated heterocycles. The lowest BCUT2D eigenvalue weighted by Crippen LogP contribution is -2.30. The van der Waals surface area contributed by atoms with E-state index in [2.05, 4.69) is 63.7 Å². The highest BCUT2D eigenvalue weighted by atomic mass is 16.5. The number of aromatic nitrogens is 3. The monoisotopic (exact) mass is 479 g/mol. The maximum absolute atomic E-state index is 10.2. The number of hydrogen-bond acceptors (Lipinski definition) is 5. The van der Waals surface area contributed by atoms with E-state index >= 15 is 0 Å². The van der Waals surface area contributed by atoms with E-state index in [9.17, 15) is 5.11 Å². The van der Waals surface area contributed by atoms with E-state index in [1.54, 1.807) is 20.0 Å². The molecule has 0 amide bonds. The van der Waals surface area contributed by atoms with Gasteiger partial charge in [-0.2, -0.15) is 10.2 Å². The second-order valence-corrected chi connectivity index (χ2v) is 10.2. The fraction of sp³-hybridized carbons (Fsp3) is 0.323. The van der Waals surface area contributed by atoms with Crippen LogP contribution in [0.15, 0.2) is 85.1 Å². The third kappa shape index (κ3) is 5.17. The number of hydrogen-bond donors (Lipinski definition) is 1. The SMILES string of the molecule is CC(C)(O)c1ccc(-c2ccc(C3(c4ccc(OCc5ccccn5)cc4)CCCCC3)cc2)nn1. The topological polar surface area (TPSA) is 68.1 Å². The summed E-state index contributed by atoms with van der Waals surface area (Å²) in [5.74, 6) is 0.860. The summed E-state index contributed by atoms with van der Waals surface area (Å²) in [7, 11) is 0. The zero-order chi connectivity index (χ0) is 25.0. The van der Waals surface area contributed by atoms with Crippen LogP contribution in [-0.2, 0) is 17.6 Å². The predicted octanol–water partition coefficient (Wildman–Crippen LogP) is 6.60. The van der Waals surface area contributed by atoms with E-state index in [0.29, 0.717) is 12.3 Å². The lowest BCUT2D eigenvalue weighted by Gasteiger charge is -2.39. The van der Waals surface area contributed by atoms with E-state index < -0.39 is 5.60 Å². The fourth-order valence-corrected chi connectivity index (χ4v) is 5.18. The summed E-state index contributed by atoms with van der Waals surface area (Å²) in [6.07, 6.45) is 7.81. The van der Waals surface area contributed by atoms with Gasteiger partial charge >= 0.3 is 0 Å². The van der Waals surface area contributed by atoms with Crippen LogP contribution in [0.4, 0.5) is 0 Å². The number of nitrogens with zero attached hydrogens (tertiary/aromatic N) is 3. The van der Waals surface area contributed by atoms with Crippen molar-refractivity contribution in [1.29, 1.82) is 0 Å². The molecule has 5 nitrogen and oxygen atoms in total. The summed E-state index contributed by atoms with van der Waals surface area (Å²) in [5.41, 5.74) is 5.01. The van der Waals surface area contributed by atoms with Crippen LogP contribution in [0.5, 0.6) is 5.75 Å². The first-order valence-electron chi connectivity index (χ1n) is 12.7. The van der Waals surface area contributed by atoms with Gasteiger partial charge < -0.3 is 9.84 Å². The maximum Gasteiger partial charge on any atom is 0.130 e. The summed E-state index contributed by atoms with van der Waals surface area (Å²) in [6, 6.07) is 27.0. The molecule has 184 valence electrons. The quantitative estimate of drug-likeness (QED) is 0.324. The Morgan fingerprint density at radius 1 is 0.806 bits per heavy atom. The van der Waals surface area contributed by atoms with Crippen molar-refractivity contribution >= 4 is 0 Å². The van der Waals surface area contributed by atoms with E-state index in [4.69, 9.17) is 4.74 Å². The minimum absolute atomic E-state index is 0.00669. The molecule has 0 bridgehead atoms. The van der Waals surface area contributed by atoms with Gasteiger partial charge in [0.05, 0.1) is 17.1 Å². The first kappa shape index (κ1) is 24.1. The van der Waals surface area contributed by atoms with Crippen molar-refractivity contribution < 1.29 is 9.84 Å². The summed E-state index contributed by atoms with van der Waals surface area (Å²) in [5, 5.41) is 18.7. The molecule has 2 aromatic heterocycles. The molecule has 5 rings (SSSR count). The van der Waals surface area contributed by atoms with Crippen molar-refractivity contribution in [3.8, 4) is 17.0 Å². The zero-order valence-corrected chi connectivity index (χ0v) is 21.0. The smallest absolute Gasteiger partial charge is 0.130 e. The highest BCUT2D eigenvalue weighted by Gasteiger charge is 2.35. The van der Waals surface area contributed by atoms with Crippen LogP contribution >= 0.6 is 0 Å². The van der Waals surface area contributed by atoms with Gasteiger partial charge in [0, 0.05) is 17.2 Å². The minimum Gasteiger partial charge on any atom is -0.487 e. The molecule has 0 unspecified atom stereocenters. The molecule has 0 spiro atoms. The molecule has 36 heavy (non-hydrogen) atoms.